The summed E-state index contributed by atoms with van der Waals surface area (Å²) in [7, 11) is 0. The Kier molecular flexibility index (Phi) is 2.92. The zero-order valence-corrected chi connectivity index (χ0v) is 8.66. The third kappa shape index (κ3) is 2.42. The quantitative estimate of drug-likeness (QED) is 0.464. The van der Waals surface area contributed by atoms with Crippen molar-refractivity contribution < 1.29 is 4.92 Å². The molecule has 16 heavy (non-hydrogen) atoms. The van der Waals surface area contributed by atoms with E-state index in [1.54, 1.807) is 24.5 Å². The SMILES string of the molecule is O=[N+]([O-])c1cnc(N=Nc2ccncc2)s1. The number of nitro groups is 1. The van der Waals surface area contributed by atoms with E-state index >= 15 is 0 Å². The fourth-order valence-electron chi connectivity index (χ4n) is 0.899. The van der Waals surface area contributed by atoms with Crippen molar-refractivity contribution in [1.29, 1.82) is 0 Å². The summed E-state index contributed by atoms with van der Waals surface area (Å²) in [6.07, 6.45) is 4.32. The molecular formula is C8H5N5O2S. The van der Waals surface area contributed by atoms with E-state index in [4.69, 9.17) is 0 Å². The highest BCUT2D eigenvalue weighted by atomic mass is 32.1. The van der Waals surface area contributed by atoms with Crippen LogP contribution in [0, 0.1) is 10.1 Å². The highest BCUT2D eigenvalue weighted by molar-refractivity contribution is 7.18. The summed E-state index contributed by atoms with van der Waals surface area (Å²) in [4.78, 5) is 17.5. The maximum Gasteiger partial charge on any atom is 0.345 e. The summed E-state index contributed by atoms with van der Waals surface area (Å²) >= 11 is 0.874. The van der Waals surface area contributed by atoms with Gasteiger partial charge in [0, 0.05) is 12.4 Å². The van der Waals surface area contributed by atoms with Gasteiger partial charge in [0.15, 0.2) is 0 Å². The molecule has 2 aromatic rings. The van der Waals surface area contributed by atoms with Crippen molar-refractivity contribution in [2.75, 3.05) is 0 Å². The average molecular weight is 235 g/mol. The van der Waals surface area contributed by atoms with E-state index in [1.165, 1.54) is 0 Å². The highest BCUT2D eigenvalue weighted by Crippen LogP contribution is 2.28. The Morgan fingerprint density at radius 2 is 2.06 bits per heavy atom. The minimum absolute atomic E-state index is 0.0521. The summed E-state index contributed by atoms with van der Waals surface area (Å²) in [5.74, 6) is 0. The molecule has 2 rings (SSSR count). The molecule has 0 N–H and O–H groups in total. The molecule has 0 saturated heterocycles. The number of rotatable bonds is 3. The first-order chi connectivity index (χ1) is 7.75. The zero-order valence-electron chi connectivity index (χ0n) is 7.85. The van der Waals surface area contributed by atoms with Crippen LogP contribution < -0.4 is 0 Å². The Balaban J connectivity index is 2.15. The van der Waals surface area contributed by atoms with Gasteiger partial charge in [0.25, 0.3) is 0 Å². The predicted molar refractivity (Wildman–Crippen MR) is 57.2 cm³/mol. The Morgan fingerprint density at radius 3 is 2.69 bits per heavy atom. The summed E-state index contributed by atoms with van der Waals surface area (Å²) in [5, 5.41) is 18.2. The van der Waals surface area contributed by atoms with Gasteiger partial charge in [-0.25, -0.2) is 4.98 Å². The number of thiazole rings is 1. The van der Waals surface area contributed by atoms with Crippen molar-refractivity contribution in [3.63, 3.8) is 0 Å². The van der Waals surface area contributed by atoms with Crippen LogP contribution in [0.25, 0.3) is 0 Å². The van der Waals surface area contributed by atoms with Crippen molar-refractivity contribution >= 4 is 27.2 Å². The Labute approximate surface area is 93.7 Å². The van der Waals surface area contributed by atoms with Gasteiger partial charge < -0.3 is 0 Å². The van der Waals surface area contributed by atoms with Crippen LogP contribution >= 0.6 is 11.3 Å². The Morgan fingerprint density at radius 1 is 1.31 bits per heavy atom. The molecule has 0 bridgehead atoms. The van der Waals surface area contributed by atoms with Crippen molar-refractivity contribution in [2.24, 2.45) is 10.2 Å². The van der Waals surface area contributed by atoms with Crippen molar-refractivity contribution in [3.8, 4) is 0 Å². The van der Waals surface area contributed by atoms with Crippen LogP contribution in [-0.2, 0) is 0 Å². The second-order valence-corrected chi connectivity index (χ2v) is 3.63. The van der Waals surface area contributed by atoms with Gasteiger partial charge in [-0.05, 0) is 23.5 Å². The van der Waals surface area contributed by atoms with Crippen LogP contribution in [0.4, 0.5) is 15.8 Å². The zero-order chi connectivity index (χ0) is 11.4. The number of pyridine rings is 1. The topological polar surface area (TPSA) is 93.6 Å². The average Bonchev–Trinajstić information content (AvgIpc) is 2.76. The molecule has 8 heteroatoms. The van der Waals surface area contributed by atoms with Crippen LogP contribution in [0.15, 0.2) is 41.0 Å². The molecule has 0 aliphatic rings. The maximum absolute atomic E-state index is 10.4. The molecule has 0 saturated carbocycles. The molecule has 2 aromatic heterocycles. The first-order valence-corrected chi connectivity index (χ1v) is 4.99. The fraction of sp³-hybridized carbons (Fsp3) is 0. The van der Waals surface area contributed by atoms with E-state index in [0.29, 0.717) is 5.69 Å². The number of azo groups is 1. The lowest BCUT2D eigenvalue weighted by atomic mass is 10.4. The van der Waals surface area contributed by atoms with Gasteiger partial charge in [-0.2, -0.15) is 0 Å². The first-order valence-electron chi connectivity index (χ1n) is 4.18. The molecule has 0 fully saturated rings. The number of aromatic nitrogens is 2. The Hall–Kier alpha value is -2.22. The van der Waals surface area contributed by atoms with Gasteiger partial charge in [0.2, 0.25) is 5.13 Å². The van der Waals surface area contributed by atoms with E-state index in [0.717, 1.165) is 17.5 Å². The molecule has 0 aromatic carbocycles. The van der Waals surface area contributed by atoms with E-state index in [1.807, 2.05) is 0 Å². The van der Waals surface area contributed by atoms with Crippen molar-refractivity contribution in [3.05, 3.63) is 40.8 Å². The van der Waals surface area contributed by atoms with E-state index < -0.39 is 4.92 Å². The van der Waals surface area contributed by atoms with E-state index in [2.05, 4.69) is 20.2 Å². The first kappa shape index (κ1) is 10.3. The lowest BCUT2D eigenvalue weighted by molar-refractivity contribution is -0.380. The number of hydrogen-bond acceptors (Lipinski definition) is 7. The molecule has 80 valence electrons. The van der Waals surface area contributed by atoms with Gasteiger partial charge >= 0.3 is 5.00 Å². The summed E-state index contributed by atoms with van der Waals surface area (Å²) < 4.78 is 0. The van der Waals surface area contributed by atoms with Gasteiger partial charge in [-0.1, -0.05) is 0 Å². The molecule has 0 unspecified atom stereocenters. The fourth-order valence-corrected chi connectivity index (χ4v) is 1.45. The van der Waals surface area contributed by atoms with Crippen LogP contribution in [0.5, 0.6) is 0 Å². The van der Waals surface area contributed by atoms with Crippen LogP contribution in [0.1, 0.15) is 0 Å². The molecular weight excluding hydrogens is 230 g/mol. The third-order valence-electron chi connectivity index (χ3n) is 1.57. The highest BCUT2D eigenvalue weighted by Gasteiger charge is 2.10. The van der Waals surface area contributed by atoms with Crippen molar-refractivity contribution in [1.82, 2.24) is 9.97 Å². The molecule has 0 aliphatic heterocycles. The third-order valence-corrected chi connectivity index (χ3v) is 2.41. The summed E-state index contributed by atoms with van der Waals surface area (Å²) in [6, 6.07) is 3.34. The van der Waals surface area contributed by atoms with E-state index in [-0.39, 0.29) is 10.1 Å². The van der Waals surface area contributed by atoms with E-state index in [9.17, 15) is 10.1 Å². The minimum Gasteiger partial charge on any atom is -0.265 e. The summed E-state index contributed by atoms with van der Waals surface area (Å²) in [6.45, 7) is 0. The molecule has 0 radical (unpaired) electrons. The van der Waals surface area contributed by atoms with Gasteiger partial charge in [-0.15, -0.1) is 10.2 Å². The van der Waals surface area contributed by atoms with Crippen LogP contribution in [-0.4, -0.2) is 14.9 Å². The molecule has 0 atom stereocenters. The second kappa shape index (κ2) is 4.53. The van der Waals surface area contributed by atoms with Crippen LogP contribution in [0.2, 0.25) is 0 Å². The summed E-state index contributed by atoms with van der Waals surface area (Å²) in [5.41, 5.74) is 0.618. The molecule has 7 nitrogen and oxygen atoms in total. The smallest absolute Gasteiger partial charge is 0.265 e. The van der Waals surface area contributed by atoms with Gasteiger partial charge in [0.1, 0.15) is 6.20 Å². The number of hydrogen-bond donors (Lipinski definition) is 0. The molecule has 2 heterocycles. The minimum atomic E-state index is -0.511. The second-order valence-electron chi connectivity index (χ2n) is 2.64. The van der Waals surface area contributed by atoms with Crippen LogP contribution in [0.3, 0.4) is 0 Å². The standard InChI is InChI=1S/C8H5N5O2S/c14-13(15)7-5-10-8(16-7)12-11-6-1-3-9-4-2-6/h1-5H. The largest absolute Gasteiger partial charge is 0.345 e. The van der Waals surface area contributed by atoms with Crippen molar-refractivity contribution in [2.45, 2.75) is 0 Å². The lowest BCUT2D eigenvalue weighted by Gasteiger charge is -1.86. The maximum atomic E-state index is 10.4. The molecule has 0 spiro atoms. The van der Waals surface area contributed by atoms with Gasteiger partial charge in [-0.3, -0.25) is 15.1 Å². The normalized spacial score (nSPS) is 10.8. The predicted octanol–water partition coefficient (Wildman–Crippen LogP) is 2.86. The molecule has 0 aliphatic carbocycles. The number of nitrogens with zero attached hydrogens (tertiary/aromatic N) is 5. The lowest BCUT2D eigenvalue weighted by Crippen LogP contribution is -1.80. The van der Waals surface area contributed by atoms with Gasteiger partial charge in [0.05, 0.1) is 10.6 Å². The molecule has 0 amide bonds. The monoisotopic (exact) mass is 235 g/mol. The Bertz CT molecular complexity index is 524.